The average Bonchev–Trinajstić information content (AvgIpc) is 2.75. The van der Waals surface area contributed by atoms with Crippen LogP contribution in [0.25, 0.3) is 0 Å². The molecule has 1 aliphatic rings. The summed E-state index contributed by atoms with van der Waals surface area (Å²) in [6.45, 7) is 0. The number of phenols is 1. The Hall–Kier alpha value is -2.89. The van der Waals surface area contributed by atoms with Crippen LogP contribution in [0.3, 0.4) is 0 Å². The first kappa shape index (κ1) is 19.4. The minimum absolute atomic E-state index is 0.154. The van der Waals surface area contributed by atoms with Crippen molar-refractivity contribution < 1.29 is 14.2 Å². The summed E-state index contributed by atoms with van der Waals surface area (Å²) in [4.78, 5) is 4.83. The predicted octanol–water partition coefficient (Wildman–Crippen LogP) is 5.42. The van der Waals surface area contributed by atoms with Crippen molar-refractivity contribution in [1.29, 1.82) is 0 Å². The van der Waals surface area contributed by atoms with E-state index in [1.807, 2.05) is 30.3 Å². The number of halogens is 2. The molecular formula is C23H20ClFN2O2. The molecule has 4 nitrogen and oxygen atoms in total. The van der Waals surface area contributed by atoms with E-state index in [4.69, 9.17) is 21.3 Å². The summed E-state index contributed by atoms with van der Waals surface area (Å²) in [5.41, 5.74) is 3.19. The fourth-order valence-corrected chi connectivity index (χ4v) is 3.70. The third-order valence-electron chi connectivity index (χ3n) is 4.99. The largest absolute Gasteiger partial charge is 0.508 e. The Morgan fingerprint density at radius 2 is 1.90 bits per heavy atom. The number of nitrogens with zero attached hydrogens (tertiary/aromatic N) is 1. The van der Waals surface area contributed by atoms with Gasteiger partial charge in [-0.2, -0.15) is 0 Å². The summed E-state index contributed by atoms with van der Waals surface area (Å²) < 4.78 is 19.1. The van der Waals surface area contributed by atoms with Crippen molar-refractivity contribution in [2.24, 2.45) is 4.99 Å². The number of rotatable bonds is 4. The Bertz CT molecular complexity index is 1050. The highest BCUT2D eigenvalue weighted by Crippen LogP contribution is 2.36. The summed E-state index contributed by atoms with van der Waals surface area (Å²) in [5, 5.41) is 14.3. The number of hydrogen-bond acceptors (Lipinski definition) is 4. The molecule has 4 rings (SSSR count). The highest BCUT2D eigenvalue weighted by molar-refractivity contribution is 6.30. The highest BCUT2D eigenvalue weighted by Gasteiger charge is 2.28. The first-order valence-corrected chi connectivity index (χ1v) is 9.62. The molecule has 1 heterocycles. The molecule has 0 saturated carbocycles. The summed E-state index contributed by atoms with van der Waals surface area (Å²) >= 11 is 6.16. The minimum Gasteiger partial charge on any atom is -0.508 e. The van der Waals surface area contributed by atoms with Gasteiger partial charge >= 0.3 is 0 Å². The molecule has 0 aromatic heterocycles. The van der Waals surface area contributed by atoms with E-state index in [9.17, 15) is 9.50 Å². The molecule has 3 aromatic rings. The van der Waals surface area contributed by atoms with Crippen LogP contribution in [0, 0.1) is 5.82 Å². The van der Waals surface area contributed by atoms with Gasteiger partial charge in [-0.25, -0.2) is 4.39 Å². The molecule has 6 heteroatoms. The number of ether oxygens (including phenoxy) is 1. The zero-order chi connectivity index (χ0) is 20.4. The molecule has 0 aliphatic carbocycles. The molecule has 0 bridgehead atoms. The number of nitrogens with one attached hydrogen (secondary N) is 1. The van der Waals surface area contributed by atoms with Crippen molar-refractivity contribution in [2.45, 2.75) is 18.6 Å². The Kier molecular flexibility index (Phi) is 5.51. The Morgan fingerprint density at radius 1 is 1.10 bits per heavy atom. The molecule has 2 atom stereocenters. The Balaban J connectivity index is 1.76. The molecule has 2 N–H and O–H groups in total. The van der Waals surface area contributed by atoms with Gasteiger partial charge in [0.1, 0.15) is 23.5 Å². The summed E-state index contributed by atoms with van der Waals surface area (Å²) in [7, 11) is 1.62. The van der Waals surface area contributed by atoms with Gasteiger partial charge in [-0.3, -0.25) is 10.3 Å². The van der Waals surface area contributed by atoms with Gasteiger partial charge in [-0.15, -0.1) is 0 Å². The third kappa shape index (κ3) is 4.26. The molecule has 1 aliphatic heterocycles. The fraction of sp³-hybridized carbons (Fsp3) is 0.174. The molecule has 3 aromatic carbocycles. The van der Waals surface area contributed by atoms with Crippen LogP contribution in [0.2, 0.25) is 5.02 Å². The number of aromatic hydroxyl groups is 1. The van der Waals surface area contributed by atoms with Crippen molar-refractivity contribution in [1.82, 2.24) is 5.32 Å². The van der Waals surface area contributed by atoms with Crippen molar-refractivity contribution in [3.05, 3.63) is 94.3 Å². The van der Waals surface area contributed by atoms with E-state index >= 15 is 0 Å². The van der Waals surface area contributed by atoms with Crippen molar-refractivity contribution >= 4 is 17.3 Å². The predicted molar refractivity (Wildman–Crippen MR) is 112 cm³/mol. The standard InChI is InChI=1S/C23H20ClFN2O2/c1-29-18-8-5-14(6-9-18)20-13-21(19-12-16(24)7-10-22(19)28)27-23(26-20)15-3-2-4-17(25)11-15/h2-12,21,23,27-28H,13H2,1H3/t21-,23-/m1/s1. The number of hydrogen-bond donors (Lipinski definition) is 2. The highest BCUT2D eigenvalue weighted by atomic mass is 35.5. The maximum atomic E-state index is 13.8. The molecule has 0 saturated heterocycles. The van der Waals surface area contributed by atoms with Gasteiger partial charge in [0, 0.05) is 28.8 Å². The third-order valence-corrected chi connectivity index (χ3v) is 5.23. The van der Waals surface area contributed by atoms with Crippen LogP contribution < -0.4 is 10.1 Å². The monoisotopic (exact) mass is 410 g/mol. The summed E-state index contributed by atoms with van der Waals surface area (Å²) in [6, 6.07) is 18.7. The quantitative estimate of drug-likeness (QED) is 0.604. The van der Waals surface area contributed by atoms with Crippen LogP contribution in [-0.2, 0) is 0 Å². The Labute approximate surface area is 173 Å². The maximum absolute atomic E-state index is 13.8. The molecule has 0 unspecified atom stereocenters. The lowest BCUT2D eigenvalue weighted by atomic mass is 9.93. The maximum Gasteiger partial charge on any atom is 0.126 e. The topological polar surface area (TPSA) is 53.8 Å². The van der Waals surface area contributed by atoms with Gasteiger partial charge in [0.15, 0.2) is 0 Å². The number of methoxy groups -OCH3 is 1. The van der Waals surface area contributed by atoms with E-state index in [0.29, 0.717) is 22.6 Å². The average molecular weight is 411 g/mol. The lowest BCUT2D eigenvalue weighted by Gasteiger charge is -2.31. The molecule has 29 heavy (non-hydrogen) atoms. The lowest BCUT2D eigenvalue weighted by Crippen LogP contribution is -2.33. The number of benzene rings is 3. The van der Waals surface area contributed by atoms with Gasteiger partial charge in [0.2, 0.25) is 0 Å². The molecule has 0 radical (unpaired) electrons. The van der Waals surface area contributed by atoms with Gasteiger partial charge in [-0.1, -0.05) is 23.7 Å². The molecule has 0 spiro atoms. The molecular weight excluding hydrogens is 391 g/mol. The summed E-state index contributed by atoms with van der Waals surface area (Å²) in [5.74, 6) is 0.591. The van der Waals surface area contributed by atoms with Crippen molar-refractivity contribution in [2.75, 3.05) is 7.11 Å². The second-order valence-corrected chi connectivity index (χ2v) is 7.32. The fourth-order valence-electron chi connectivity index (χ4n) is 3.52. The van der Waals surface area contributed by atoms with Crippen LogP contribution in [0.15, 0.2) is 71.7 Å². The first-order valence-electron chi connectivity index (χ1n) is 9.24. The van der Waals surface area contributed by atoms with E-state index in [2.05, 4.69) is 5.32 Å². The van der Waals surface area contributed by atoms with E-state index in [1.165, 1.54) is 12.1 Å². The van der Waals surface area contributed by atoms with Crippen LogP contribution in [0.4, 0.5) is 4.39 Å². The van der Waals surface area contributed by atoms with Gasteiger partial charge in [0.25, 0.3) is 0 Å². The van der Waals surface area contributed by atoms with Gasteiger partial charge in [-0.05, 0) is 65.7 Å². The van der Waals surface area contributed by atoms with E-state index in [0.717, 1.165) is 17.0 Å². The van der Waals surface area contributed by atoms with Gasteiger partial charge in [0.05, 0.1) is 7.11 Å². The number of phenolic OH excluding ortho intramolecular Hbond substituents is 1. The smallest absolute Gasteiger partial charge is 0.126 e. The Morgan fingerprint density at radius 3 is 2.62 bits per heavy atom. The lowest BCUT2D eigenvalue weighted by molar-refractivity contribution is 0.411. The second-order valence-electron chi connectivity index (χ2n) is 6.89. The van der Waals surface area contributed by atoms with E-state index in [1.54, 1.807) is 31.4 Å². The van der Waals surface area contributed by atoms with Crippen LogP contribution in [-0.4, -0.2) is 17.9 Å². The summed E-state index contributed by atoms with van der Waals surface area (Å²) in [6.07, 6.45) is 0.0893. The minimum atomic E-state index is -0.458. The molecule has 0 amide bonds. The van der Waals surface area contributed by atoms with Gasteiger partial charge < -0.3 is 9.84 Å². The van der Waals surface area contributed by atoms with E-state index < -0.39 is 6.17 Å². The van der Waals surface area contributed by atoms with Crippen LogP contribution in [0.1, 0.15) is 35.3 Å². The van der Waals surface area contributed by atoms with Crippen molar-refractivity contribution in [3.63, 3.8) is 0 Å². The zero-order valence-corrected chi connectivity index (χ0v) is 16.5. The van der Waals surface area contributed by atoms with Crippen LogP contribution >= 0.6 is 11.6 Å². The van der Waals surface area contributed by atoms with Crippen molar-refractivity contribution in [3.8, 4) is 11.5 Å². The van der Waals surface area contributed by atoms with E-state index in [-0.39, 0.29) is 17.6 Å². The SMILES string of the molecule is COc1ccc(C2=N[C@@H](c3cccc(F)c3)N[C@@H](c3cc(Cl)ccc3O)C2)cc1. The normalized spacial score (nSPS) is 18.9. The molecule has 148 valence electrons. The number of aliphatic imine (C=N–C) groups is 1. The first-order chi connectivity index (χ1) is 14.0. The second kappa shape index (κ2) is 8.23. The zero-order valence-electron chi connectivity index (χ0n) is 15.8. The van der Waals surface area contributed by atoms with Crippen LogP contribution in [0.5, 0.6) is 11.5 Å². The molecule has 0 fully saturated rings.